The van der Waals surface area contributed by atoms with E-state index in [9.17, 15) is 29.8 Å². The fraction of sp³-hybridized carbons (Fsp3) is 0.0968. The van der Waals surface area contributed by atoms with Crippen molar-refractivity contribution >= 4 is 77.8 Å². The van der Waals surface area contributed by atoms with Gasteiger partial charge in [0.05, 0.1) is 43.4 Å². The number of anilines is 2. The number of amides is 2. The predicted molar refractivity (Wildman–Crippen MR) is 175 cm³/mol. The van der Waals surface area contributed by atoms with Crippen molar-refractivity contribution in [2.45, 2.75) is 9.15 Å². The zero-order chi connectivity index (χ0) is 31.9. The lowest BCUT2D eigenvalue weighted by atomic mass is 9.83. The summed E-state index contributed by atoms with van der Waals surface area (Å²) in [4.78, 5) is 49.2. The number of nitro groups is 2. The van der Waals surface area contributed by atoms with Gasteiger partial charge >= 0.3 is 0 Å². The molecule has 0 fully saturated rings. The molecule has 0 aromatic heterocycles. The average Bonchev–Trinajstić information content (AvgIpc) is 3.55. The van der Waals surface area contributed by atoms with Crippen molar-refractivity contribution in [2.24, 2.45) is 16.1 Å². The second-order valence-corrected chi connectivity index (χ2v) is 12.3. The van der Waals surface area contributed by atoms with E-state index in [1.807, 2.05) is 0 Å². The SMILES string of the molecule is O=C1[C@H]([C@H](Br)[C@]2(Br)C(=O)N(c3ccccc3)N=C2c2ccc([N+](=O)[O-])cc2)C(c2ccc([N+](=O)[O-])cc2)=NN1c1ccccc1. The molecular weight excluding hydrogens is 712 g/mol. The number of hydrazone groups is 2. The zero-order valence-corrected chi connectivity index (χ0v) is 26.1. The van der Waals surface area contributed by atoms with E-state index in [1.165, 1.54) is 58.5 Å². The van der Waals surface area contributed by atoms with Gasteiger partial charge in [-0.1, -0.05) is 68.3 Å². The van der Waals surface area contributed by atoms with E-state index in [0.29, 0.717) is 22.5 Å². The van der Waals surface area contributed by atoms with Crippen LogP contribution in [0.1, 0.15) is 11.1 Å². The molecule has 6 rings (SSSR count). The van der Waals surface area contributed by atoms with Crippen LogP contribution in [0.4, 0.5) is 22.7 Å². The minimum atomic E-state index is -1.67. The summed E-state index contributed by atoms with van der Waals surface area (Å²) in [6.07, 6.45) is 0. The van der Waals surface area contributed by atoms with Crippen LogP contribution >= 0.6 is 31.9 Å². The number of nitrogens with zero attached hydrogens (tertiary/aromatic N) is 6. The smallest absolute Gasteiger partial charge is 0.271 e. The van der Waals surface area contributed by atoms with E-state index < -0.39 is 36.7 Å². The fourth-order valence-electron chi connectivity index (χ4n) is 5.18. The molecule has 0 unspecified atom stereocenters. The lowest BCUT2D eigenvalue weighted by Gasteiger charge is -2.31. The number of rotatable bonds is 8. The van der Waals surface area contributed by atoms with Crippen molar-refractivity contribution in [3.8, 4) is 0 Å². The summed E-state index contributed by atoms with van der Waals surface area (Å²) in [5.41, 5.74) is 2.01. The summed E-state index contributed by atoms with van der Waals surface area (Å²) in [5.74, 6) is -2.06. The van der Waals surface area contributed by atoms with Gasteiger partial charge in [0, 0.05) is 29.8 Å². The van der Waals surface area contributed by atoms with Crippen LogP contribution in [0.25, 0.3) is 0 Å². The second kappa shape index (κ2) is 11.8. The number of para-hydroxylation sites is 2. The summed E-state index contributed by atoms with van der Waals surface area (Å²) in [5, 5.41) is 34.5. The summed E-state index contributed by atoms with van der Waals surface area (Å²) < 4.78 is -1.67. The van der Waals surface area contributed by atoms with Gasteiger partial charge in [-0.3, -0.25) is 29.8 Å². The molecule has 0 radical (unpaired) electrons. The van der Waals surface area contributed by atoms with Crippen molar-refractivity contribution in [1.29, 1.82) is 0 Å². The third-order valence-electron chi connectivity index (χ3n) is 7.43. The number of nitro benzene ring substituents is 2. The van der Waals surface area contributed by atoms with Crippen molar-refractivity contribution in [1.82, 2.24) is 0 Å². The summed E-state index contributed by atoms with van der Waals surface area (Å²) in [6, 6.07) is 28.7. The molecule has 0 saturated carbocycles. The number of carbonyl (C=O) groups excluding carboxylic acids is 2. The van der Waals surface area contributed by atoms with Crippen molar-refractivity contribution in [3.05, 3.63) is 141 Å². The van der Waals surface area contributed by atoms with Gasteiger partial charge in [-0.25, -0.2) is 0 Å². The van der Waals surface area contributed by atoms with E-state index in [1.54, 1.807) is 60.7 Å². The van der Waals surface area contributed by atoms with E-state index in [2.05, 4.69) is 42.1 Å². The first-order valence-corrected chi connectivity index (χ1v) is 15.1. The van der Waals surface area contributed by atoms with Crippen LogP contribution in [-0.2, 0) is 9.59 Å². The Kier molecular flexibility index (Phi) is 7.85. The highest BCUT2D eigenvalue weighted by molar-refractivity contribution is 9.13. The highest BCUT2D eigenvalue weighted by Gasteiger charge is 2.60. The largest absolute Gasteiger partial charge is 0.272 e. The van der Waals surface area contributed by atoms with E-state index >= 15 is 0 Å². The Morgan fingerprint density at radius 1 is 0.689 bits per heavy atom. The lowest BCUT2D eigenvalue weighted by molar-refractivity contribution is -0.385. The maximum Gasteiger partial charge on any atom is 0.271 e. The number of carbonyl (C=O) groups is 2. The molecule has 12 nitrogen and oxygen atoms in total. The quantitative estimate of drug-likeness (QED) is 0.119. The highest BCUT2D eigenvalue weighted by atomic mass is 79.9. The highest BCUT2D eigenvalue weighted by Crippen LogP contribution is 2.46. The first kappa shape index (κ1) is 30.0. The molecule has 4 aromatic carbocycles. The van der Waals surface area contributed by atoms with Crippen molar-refractivity contribution in [2.75, 3.05) is 10.0 Å². The van der Waals surface area contributed by atoms with Gasteiger partial charge in [0.2, 0.25) is 0 Å². The first-order valence-electron chi connectivity index (χ1n) is 13.4. The zero-order valence-electron chi connectivity index (χ0n) is 22.9. The Hall–Kier alpha value is -5.08. The maximum atomic E-state index is 14.4. The molecular formula is C31H20Br2N6O6. The predicted octanol–water partition coefficient (Wildman–Crippen LogP) is 6.22. The molecule has 4 aromatic rings. The van der Waals surface area contributed by atoms with Crippen LogP contribution in [0.3, 0.4) is 0 Å². The maximum absolute atomic E-state index is 14.4. The number of hydrogen-bond donors (Lipinski definition) is 0. The minimum absolute atomic E-state index is 0.135. The molecule has 45 heavy (non-hydrogen) atoms. The Labute approximate surface area is 272 Å². The average molecular weight is 732 g/mol. The summed E-state index contributed by atoms with van der Waals surface area (Å²) in [6.45, 7) is 0. The fourth-order valence-corrected chi connectivity index (χ4v) is 6.81. The monoisotopic (exact) mass is 730 g/mol. The van der Waals surface area contributed by atoms with Crippen LogP contribution < -0.4 is 10.0 Å². The number of non-ortho nitro benzene ring substituents is 2. The molecule has 0 N–H and O–H groups in total. The van der Waals surface area contributed by atoms with Crippen LogP contribution in [-0.4, -0.2) is 42.2 Å². The van der Waals surface area contributed by atoms with Gasteiger partial charge < -0.3 is 0 Å². The molecule has 0 saturated heterocycles. The molecule has 14 heteroatoms. The molecule has 2 heterocycles. The van der Waals surface area contributed by atoms with Crippen LogP contribution in [0.5, 0.6) is 0 Å². The van der Waals surface area contributed by atoms with E-state index in [0.717, 1.165) is 0 Å². The Balaban J connectivity index is 1.48. The Morgan fingerprint density at radius 2 is 1.16 bits per heavy atom. The summed E-state index contributed by atoms with van der Waals surface area (Å²) >= 11 is 7.39. The van der Waals surface area contributed by atoms with Crippen LogP contribution in [0.15, 0.2) is 119 Å². The third-order valence-corrected chi connectivity index (χ3v) is 10.5. The topological polar surface area (TPSA) is 152 Å². The molecule has 2 aliphatic heterocycles. The van der Waals surface area contributed by atoms with Gasteiger partial charge in [0.25, 0.3) is 23.2 Å². The number of alkyl halides is 2. The first-order chi connectivity index (χ1) is 21.6. The van der Waals surface area contributed by atoms with Crippen LogP contribution in [0.2, 0.25) is 0 Å². The second-order valence-electron chi connectivity index (χ2n) is 10.1. The number of halogens is 2. The molecule has 0 aliphatic carbocycles. The van der Waals surface area contributed by atoms with Crippen molar-refractivity contribution in [3.63, 3.8) is 0 Å². The minimum Gasteiger partial charge on any atom is -0.272 e. The Bertz CT molecular complexity index is 1890. The molecule has 3 atom stereocenters. The van der Waals surface area contributed by atoms with Crippen molar-refractivity contribution < 1.29 is 19.4 Å². The Morgan fingerprint density at radius 3 is 1.64 bits per heavy atom. The molecule has 2 aliphatic rings. The normalized spacial score (nSPS) is 20.2. The van der Waals surface area contributed by atoms with Crippen LogP contribution in [0, 0.1) is 26.1 Å². The van der Waals surface area contributed by atoms with Gasteiger partial charge in [-0.2, -0.15) is 20.2 Å². The molecule has 2 amide bonds. The standard InChI is InChI=1S/C31H20Br2N6O6/c32-27(25-26(19-11-15-23(16-12-19)38(42)43)34-36(29(25)40)21-7-3-1-4-8-21)31(33)28(20-13-17-24(18-14-20)39(44)45)35-37(30(31)41)22-9-5-2-6-10-22/h1-18,25,27H/t25-,27-,31+/m0/s1. The van der Waals surface area contributed by atoms with Gasteiger partial charge in [-0.15, -0.1) is 0 Å². The van der Waals surface area contributed by atoms with Gasteiger partial charge in [0.1, 0.15) is 0 Å². The molecule has 0 spiro atoms. The van der Waals surface area contributed by atoms with Gasteiger partial charge in [-0.05, 0) is 54.1 Å². The summed E-state index contributed by atoms with van der Waals surface area (Å²) in [7, 11) is 0. The lowest BCUT2D eigenvalue weighted by Crippen LogP contribution is -2.54. The third kappa shape index (κ3) is 5.21. The van der Waals surface area contributed by atoms with E-state index in [-0.39, 0.29) is 22.8 Å². The van der Waals surface area contributed by atoms with E-state index in [4.69, 9.17) is 0 Å². The number of benzene rings is 4. The molecule has 224 valence electrons. The molecule has 0 bridgehead atoms. The number of hydrogen-bond acceptors (Lipinski definition) is 8. The van der Waals surface area contributed by atoms with Gasteiger partial charge in [0.15, 0.2) is 4.32 Å².